The molecule has 1 aromatic rings. The third-order valence-corrected chi connectivity index (χ3v) is 4.78. The molecular weight excluding hydrogens is 220 g/mol. The van der Waals surface area contributed by atoms with Crippen LogP contribution < -0.4 is 0 Å². The van der Waals surface area contributed by atoms with E-state index in [2.05, 4.69) is 18.2 Å². The monoisotopic (exact) mass is 244 g/mol. The van der Waals surface area contributed by atoms with Crippen LogP contribution in [0.25, 0.3) is 0 Å². The lowest BCUT2D eigenvalue weighted by atomic mass is 9.81. The molecule has 1 heteroatoms. The molecule has 2 aliphatic carbocycles. The molecule has 0 radical (unpaired) electrons. The van der Waals surface area contributed by atoms with E-state index < -0.39 is 0 Å². The summed E-state index contributed by atoms with van der Waals surface area (Å²) < 4.78 is 0. The summed E-state index contributed by atoms with van der Waals surface area (Å²) in [7, 11) is 0. The Balaban J connectivity index is 1.72. The molecule has 0 saturated heterocycles. The second-order valence-corrected chi connectivity index (χ2v) is 6.13. The number of hydrogen-bond donors (Lipinski definition) is 1. The van der Waals surface area contributed by atoms with Gasteiger partial charge in [0.15, 0.2) is 0 Å². The molecule has 2 unspecified atom stereocenters. The normalized spacial score (nSPS) is 27.8. The Hall–Kier alpha value is -0.820. The van der Waals surface area contributed by atoms with Gasteiger partial charge in [-0.2, -0.15) is 0 Å². The second kappa shape index (κ2) is 5.44. The number of benzene rings is 1. The van der Waals surface area contributed by atoms with Crippen LogP contribution in [0.1, 0.15) is 55.2 Å². The summed E-state index contributed by atoms with van der Waals surface area (Å²) in [6.45, 7) is 0. The SMILES string of the molecule is OC1CCCCC1Cc1ccc2c(c1)CCCC2. The van der Waals surface area contributed by atoms with E-state index in [0.717, 1.165) is 12.8 Å². The molecular formula is C17H24O. The molecule has 2 atom stereocenters. The van der Waals surface area contributed by atoms with Gasteiger partial charge in [-0.3, -0.25) is 0 Å². The molecule has 0 heterocycles. The van der Waals surface area contributed by atoms with Crippen LogP contribution in [0.4, 0.5) is 0 Å². The van der Waals surface area contributed by atoms with E-state index in [1.54, 1.807) is 11.1 Å². The Kier molecular flexibility index (Phi) is 3.69. The first-order valence-corrected chi connectivity index (χ1v) is 7.61. The van der Waals surface area contributed by atoms with Crippen LogP contribution in [0.3, 0.4) is 0 Å². The average Bonchev–Trinajstić information content (AvgIpc) is 2.41. The van der Waals surface area contributed by atoms with Gasteiger partial charge in [0, 0.05) is 0 Å². The lowest BCUT2D eigenvalue weighted by Gasteiger charge is -2.28. The molecule has 98 valence electrons. The highest BCUT2D eigenvalue weighted by molar-refractivity contribution is 5.34. The highest BCUT2D eigenvalue weighted by Crippen LogP contribution is 2.29. The summed E-state index contributed by atoms with van der Waals surface area (Å²) >= 11 is 0. The van der Waals surface area contributed by atoms with E-state index >= 15 is 0 Å². The first kappa shape index (κ1) is 12.2. The van der Waals surface area contributed by atoms with E-state index in [4.69, 9.17) is 0 Å². The molecule has 2 aliphatic rings. The lowest BCUT2D eigenvalue weighted by molar-refractivity contribution is 0.0700. The summed E-state index contributed by atoms with van der Waals surface area (Å²) in [5.41, 5.74) is 4.58. The molecule has 0 amide bonds. The van der Waals surface area contributed by atoms with Crippen molar-refractivity contribution in [1.29, 1.82) is 0 Å². The maximum atomic E-state index is 10.1. The molecule has 0 spiro atoms. The van der Waals surface area contributed by atoms with Gasteiger partial charge in [-0.15, -0.1) is 0 Å². The predicted octanol–water partition coefficient (Wildman–Crippen LogP) is 3.66. The Morgan fingerprint density at radius 1 is 0.944 bits per heavy atom. The number of aliphatic hydroxyl groups excluding tert-OH is 1. The van der Waals surface area contributed by atoms with Crippen molar-refractivity contribution in [1.82, 2.24) is 0 Å². The number of aryl methyl sites for hydroxylation is 2. The van der Waals surface area contributed by atoms with Gasteiger partial charge in [0.2, 0.25) is 0 Å². The van der Waals surface area contributed by atoms with Crippen LogP contribution in [0.15, 0.2) is 18.2 Å². The maximum absolute atomic E-state index is 10.1. The summed E-state index contributed by atoms with van der Waals surface area (Å²) in [5.74, 6) is 0.500. The summed E-state index contributed by atoms with van der Waals surface area (Å²) in [4.78, 5) is 0. The zero-order chi connectivity index (χ0) is 12.4. The van der Waals surface area contributed by atoms with Gasteiger partial charge in [-0.25, -0.2) is 0 Å². The fourth-order valence-electron chi connectivity index (χ4n) is 3.64. The molecule has 0 bridgehead atoms. The van der Waals surface area contributed by atoms with E-state index in [0.29, 0.717) is 5.92 Å². The molecule has 1 aromatic carbocycles. The molecule has 3 rings (SSSR count). The fraction of sp³-hybridized carbons (Fsp3) is 0.647. The Morgan fingerprint density at radius 2 is 1.72 bits per heavy atom. The van der Waals surface area contributed by atoms with E-state index in [-0.39, 0.29) is 6.10 Å². The second-order valence-electron chi connectivity index (χ2n) is 6.13. The van der Waals surface area contributed by atoms with Crippen LogP contribution in [0, 0.1) is 5.92 Å². The van der Waals surface area contributed by atoms with Gasteiger partial charge in [0.25, 0.3) is 0 Å². The van der Waals surface area contributed by atoms with Crippen LogP contribution in [-0.2, 0) is 19.3 Å². The molecule has 1 N–H and O–H groups in total. The zero-order valence-electron chi connectivity index (χ0n) is 11.2. The molecule has 1 fully saturated rings. The van der Waals surface area contributed by atoms with Crippen molar-refractivity contribution in [3.8, 4) is 0 Å². The van der Waals surface area contributed by atoms with Crippen molar-refractivity contribution >= 4 is 0 Å². The number of fused-ring (bicyclic) bond motifs is 1. The highest BCUT2D eigenvalue weighted by atomic mass is 16.3. The first-order chi connectivity index (χ1) is 8.83. The summed E-state index contributed by atoms with van der Waals surface area (Å²) in [6, 6.07) is 7.04. The van der Waals surface area contributed by atoms with Crippen LogP contribution in [0.2, 0.25) is 0 Å². The molecule has 0 aromatic heterocycles. The van der Waals surface area contributed by atoms with Gasteiger partial charge < -0.3 is 5.11 Å². The topological polar surface area (TPSA) is 20.2 Å². The third kappa shape index (κ3) is 2.61. The molecule has 18 heavy (non-hydrogen) atoms. The van der Waals surface area contributed by atoms with Gasteiger partial charge >= 0.3 is 0 Å². The smallest absolute Gasteiger partial charge is 0.0571 e. The Bertz CT molecular complexity index is 410. The maximum Gasteiger partial charge on any atom is 0.0571 e. The third-order valence-electron chi connectivity index (χ3n) is 4.78. The van der Waals surface area contributed by atoms with Gasteiger partial charge in [0.05, 0.1) is 6.10 Å². The Labute approximate surface area is 110 Å². The fourth-order valence-corrected chi connectivity index (χ4v) is 3.64. The summed E-state index contributed by atoms with van der Waals surface area (Å²) in [6.07, 6.45) is 11.0. The Morgan fingerprint density at radius 3 is 2.56 bits per heavy atom. The molecule has 0 aliphatic heterocycles. The van der Waals surface area contributed by atoms with Gasteiger partial charge in [-0.05, 0) is 67.6 Å². The van der Waals surface area contributed by atoms with Crippen molar-refractivity contribution < 1.29 is 5.11 Å². The van der Waals surface area contributed by atoms with Crippen molar-refractivity contribution in [2.75, 3.05) is 0 Å². The molecule has 1 nitrogen and oxygen atoms in total. The van der Waals surface area contributed by atoms with Crippen molar-refractivity contribution in [2.45, 2.75) is 63.9 Å². The minimum atomic E-state index is -0.0604. The zero-order valence-corrected chi connectivity index (χ0v) is 11.2. The van der Waals surface area contributed by atoms with Gasteiger partial charge in [-0.1, -0.05) is 31.0 Å². The van der Waals surface area contributed by atoms with E-state index in [1.165, 1.54) is 50.5 Å². The van der Waals surface area contributed by atoms with Crippen molar-refractivity contribution in [2.24, 2.45) is 5.92 Å². The summed E-state index contributed by atoms with van der Waals surface area (Å²) in [5, 5.41) is 10.1. The van der Waals surface area contributed by atoms with Gasteiger partial charge in [0.1, 0.15) is 0 Å². The van der Waals surface area contributed by atoms with Crippen LogP contribution in [0.5, 0.6) is 0 Å². The largest absolute Gasteiger partial charge is 0.393 e. The predicted molar refractivity (Wildman–Crippen MR) is 74.8 cm³/mol. The number of rotatable bonds is 2. The minimum Gasteiger partial charge on any atom is -0.393 e. The van der Waals surface area contributed by atoms with Crippen molar-refractivity contribution in [3.05, 3.63) is 34.9 Å². The molecule has 1 saturated carbocycles. The van der Waals surface area contributed by atoms with E-state index in [9.17, 15) is 5.11 Å². The highest BCUT2D eigenvalue weighted by Gasteiger charge is 2.23. The first-order valence-electron chi connectivity index (χ1n) is 7.61. The standard InChI is InChI=1S/C17H24O/c18-17-8-4-3-7-16(17)12-13-9-10-14-5-1-2-6-15(14)11-13/h9-11,16-18H,1-8,12H2. The lowest BCUT2D eigenvalue weighted by Crippen LogP contribution is -2.26. The quantitative estimate of drug-likeness (QED) is 0.841. The average molecular weight is 244 g/mol. The van der Waals surface area contributed by atoms with Crippen molar-refractivity contribution in [3.63, 3.8) is 0 Å². The van der Waals surface area contributed by atoms with Crippen LogP contribution >= 0.6 is 0 Å². The number of hydrogen-bond acceptors (Lipinski definition) is 1. The number of aliphatic hydroxyl groups is 1. The van der Waals surface area contributed by atoms with Crippen LogP contribution in [-0.4, -0.2) is 11.2 Å². The van der Waals surface area contributed by atoms with E-state index in [1.807, 2.05) is 0 Å². The minimum absolute atomic E-state index is 0.0604.